The highest BCUT2D eigenvalue weighted by Gasteiger charge is 2.32. The van der Waals surface area contributed by atoms with Crippen LogP contribution in [0.1, 0.15) is 32.4 Å². The number of para-hydroxylation sites is 1. The Hall–Kier alpha value is -2.28. The van der Waals surface area contributed by atoms with Crippen molar-refractivity contribution in [2.45, 2.75) is 38.5 Å². The van der Waals surface area contributed by atoms with Crippen LogP contribution in [0.25, 0.3) is 0 Å². The van der Waals surface area contributed by atoms with Gasteiger partial charge in [-0.25, -0.2) is 9.59 Å². The molecule has 0 radical (unpaired) electrons. The molecule has 1 amide bonds. The number of methoxy groups -OCH3 is 1. The highest BCUT2D eigenvalue weighted by Crippen LogP contribution is 2.24. The average molecular weight is 310 g/mol. The summed E-state index contributed by atoms with van der Waals surface area (Å²) in [5.74, 6) is -0.885. The number of amides is 1. The first-order valence-corrected chi connectivity index (χ1v) is 6.75. The molecule has 0 heterocycles. The Balaban J connectivity index is 3.05. The summed E-state index contributed by atoms with van der Waals surface area (Å²) in [5.41, 5.74) is 5.85. The quantitative estimate of drug-likeness (QED) is 0.572. The SMILES string of the molecule is COC(=O)[C@@H](O)[C@@H](NC(=O)OC(C)(C)C)c1ccccc1N. The van der Waals surface area contributed by atoms with Crippen LogP contribution >= 0.6 is 0 Å². The monoisotopic (exact) mass is 310 g/mol. The van der Waals surface area contributed by atoms with Crippen molar-refractivity contribution in [2.75, 3.05) is 12.8 Å². The highest BCUT2D eigenvalue weighted by molar-refractivity contribution is 5.78. The zero-order valence-electron chi connectivity index (χ0n) is 13.1. The molecule has 0 bridgehead atoms. The van der Waals surface area contributed by atoms with Crippen molar-refractivity contribution >= 4 is 17.7 Å². The summed E-state index contributed by atoms with van der Waals surface area (Å²) in [5, 5.41) is 12.6. The van der Waals surface area contributed by atoms with Gasteiger partial charge in [-0.05, 0) is 26.8 Å². The van der Waals surface area contributed by atoms with Crippen molar-refractivity contribution < 1.29 is 24.2 Å². The lowest BCUT2D eigenvalue weighted by Crippen LogP contribution is -2.43. The number of hydrogen-bond donors (Lipinski definition) is 3. The molecule has 1 aromatic carbocycles. The number of benzene rings is 1. The molecule has 0 aromatic heterocycles. The molecule has 0 aliphatic heterocycles. The Morgan fingerprint density at radius 2 is 1.86 bits per heavy atom. The van der Waals surface area contributed by atoms with Gasteiger partial charge in [-0.1, -0.05) is 18.2 Å². The van der Waals surface area contributed by atoms with Crippen molar-refractivity contribution in [3.8, 4) is 0 Å². The molecule has 1 aromatic rings. The number of alkyl carbamates (subject to hydrolysis) is 1. The zero-order chi connectivity index (χ0) is 16.9. The van der Waals surface area contributed by atoms with E-state index in [1.807, 2.05) is 0 Å². The predicted octanol–water partition coefficient (Wildman–Crippen LogP) is 1.37. The third-order valence-electron chi connectivity index (χ3n) is 2.76. The maximum absolute atomic E-state index is 11.9. The lowest BCUT2D eigenvalue weighted by atomic mass is 9.99. The highest BCUT2D eigenvalue weighted by atomic mass is 16.6. The fourth-order valence-electron chi connectivity index (χ4n) is 1.81. The van der Waals surface area contributed by atoms with Gasteiger partial charge in [0, 0.05) is 11.3 Å². The molecule has 7 nitrogen and oxygen atoms in total. The number of esters is 1. The van der Waals surface area contributed by atoms with E-state index in [1.54, 1.807) is 45.0 Å². The first kappa shape index (κ1) is 17.8. The largest absolute Gasteiger partial charge is 0.467 e. The molecule has 7 heteroatoms. The molecule has 0 spiro atoms. The molecule has 0 saturated heterocycles. The van der Waals surface area contributed by atoms with E-state index in [1.165, 1.54) is 0 Å². The molecular formula is C15H22N2O5. The van der Waals surface area contributed by atoms with Gasteiger partial charge in [0.25, 0.3) is 0 Å². The summed E-state index contributed by atoms with van der Waals surface area (Å²) in [6.45, 7) is 5.11. The minimum atomic E-state index is -1.61. The Labute approximate surface area is 129 Å². The number of nitrogens with two attached hydrogens (primary N) is 1. The maximum Gasteiger partial charge on any atom is 0.408 e. The smallest absolute Gasteiger partial charge is 0.408 e. The molecule has 0 unspecified atom stereocenters. The maximum atomic E-state index is 11.9. The average Bonchev–Trinajstić information content (AvgIpc) is 2.42. The third kappa shape index (κ3) is 4.92. The van der Waals surface area contributed by atoms with E-state index in [9.17, 15) is 14.7 Å². The van der Waals surface area contributed by atoms with Gasteiger partial charge in [0.2, 0.25) is 0 Å². The van der Waals surface area contributed by atoms with E-state index in [0.29, 0.717) is 11.3 Å². The van der Waals surface area contributed by atoms with Crippen molar-refractivity contribution in [3.05, 3.63) is 29.8 Å². The summed E-state index contributed by atoms with van der Waals surface area (Å²) in [4.78, 5) is 23.5. The van der Waals surface area contributed by atoms with E-state index in [4.69, 9.17) is 10.5 Å². The number of carbonyl (C=O) groups is 2. The van der Waals surface area contributed by atoms with Crippen LogP contribution in [0.4, 0.5) is 10.5 Å². The van der Waals surface area contributed by atoms with Crippen LogP contribution < -0.4 is 11.1 Å². The van der Waals surface area contributed by atoms with Crippen LogP contribution in [0, 0.1) is 0 Å². The van der Waals surface area contributed by atoms with E-state index in [2.05, 4.69) is 10.1 Å². The number of carbonyl (C=O) groups excluding carboxylic acids is 2. The van der Waals surface area contributed by atoms with Gasteiger partial charge < -0.3 is 25.6 Å². The van der Waals surface area contributed by atoms with E-state index < -0.39 is 29.8 Å². The van der Waals surface area contributed by atoms with Crippen molar-refractivity contribution in [2.24, 2.45) is 0 Å². The number of hydrogen-bond acceptors (Lipinski definition) is 6. The predicted molar refractivity (Wildman–Crippen MR) is 81.0 cm³/mol. The summed E-state index contributed by atoms with van der Waals surface area (Å²) >= 11 is 0. The Morgan fingerprint density at radius 1 is 1.27 bits per heavy atom. The van der Waals surface area contributed by atoms with Crippen LogP contribution in [0.15, 0.2) is 24.3 Å². The summed E-state index contributed by atoms with van der Waals surface area (Å²) in [7, 11) is 1.14. The first-order chi connectivity index (χ1) is 10.2. The summed E-state index contributed by atoms with van der Waals surface area (Å²) < 4.78 is 9.65. The second-order valence-electron chi connectivity index (χ2n) is 5.72. The molecular weight excluding hydrogens is 288 g/mol. The number of ether oxygens (including phenoxy) is 2. The summed E-state index contributed by atoms with van der Waals surface area (Å²) in [6, 6.07) is 5.50. The van der Waals surface area contributed by atoms with Crippen molar-refractivity contribution in [1.29, 1.82) is 0 Å². The van der Waals surface area contributed by atoms with Gasteiger partial charge in [-0.3, -0.25) is 0 Å². The molecule has 2 atom stereocenters. The van der Waals surface area contributed by atoms with Crippen molar-refractivity contribution in [1.82, 2.24) is 5.32 Å². The van der Waals surface area contributed by atoms with Gasteiger partial charge >= 0.3 is 12.1 Å². The minimum absolute atomic E-state index is 0.325. The van der Waals surface area contributed by atoms with Crippen LogP contribution in [0.3, 0.4) is 0 Å². The molecule has 1 rings (SSSR count). The molecule has 4 N–H and O–H groups in total. The first-order valence-electron chi connectivity index (χ1n) is 6.75. The Morgan fingerprint density at radius 3 is 2.36 bits per heavy atom. The second kappa shape index (κ2) is 7.13. The van der Waals surface area contributed by atoms with Crippen LogP contribution in [0.2, 0.25) is 0 Å². The van der Waals surface area contributed by atoms with Gasteiger partial charge in [0.05, 0.1) is 13.2 Å². The topological polar surface area (TPSA) is 111 Å². The lowest BCUT2D eigenvalue weighted by Gasteiger charge is -2.26. The molecule has 0 saturated carbocycles. The molecule has 0 aliphatic rings. The Kier molecular flexibility index (Phi) is 5.76. The molecule has 0 fully saturated rings. The number of rotatable bonds is 4. The standard InChI is InChI=1S/C15H22N2O5/c1-15(2,3)22-14(20)17-11(12(18)13(19)21-4)9-7-5-6-8-10(9)16/h5-8,11-12,18H,16H2,1-4H3,(H,17,20)/t11-,12-/m0/s1. The number of nitrogens with one attached hydrogen (secondary N) is 1. The second-order valence-corrected chi connectivity index (χ2v) is 5.72. The third-order valence-corrected chi connectivity index (χ3v) is 2.76. The lowest BCUT2D eigenvalue weighted by molar-refractivity contribution is -0.152. The number of aliphatic hydroxyl groups excluding tert-OH is 1. The van der Waals surface area contributed by atoms with Crippen LogP contribution in [-0.4, -0.2) is 36.0 Å². The van der Waals surface area contributed by atoms with Gasteiger partial charge in [-0.15, -0.1) is 0 Å². The molecule has 22 heavy (non-hydrogen) atoms. The molecule has 0 aliphatic carbocycles. The zero-order valence-corrected chi connectivity index (χ0v) is 13.1. The number of anilines is 1. The van der Waals surface area contributed by atoms with Gasteiger partial charge in [-0.2, -0.15) is 0 Å². The van der Waals surface area contributed by atoms with E-state index >= 15 is 0 Å². The molecule has 122 valence electrons. The summed E-state index contributed by atoms with van der Waals surface area (Å²) in [6.07, 6.45) is -2.38. The Bertz CT molecular complexity index is 539. The number of nitrogen functional groups attached to an aromatic ring is 1. The minimum Gasteiger partial charge on any atom is -0.467 e. The van der Waals surface area contributed by atoms with E-state index in [-0.39, 0.29) is 0 Å². The fraction of sp³-hybridized carbons (Fsp3) is 0.467. The van der Waals surface area contributed by atoms with E-state index in [0.717, 1.165) is 7.11 Å². The normalized spacial score (nSPS) is 13.9. The number of aliphatic hydroxyl groups is 1. The van der Waals surface area contributed by atoms with Crippen LogP contribution in [-0.2, 0) is 14.3 Å². The van der Waals surface area contributed by atoms with Gasteiger partial charge in [0.1, 0.15) is 5.60 Å². The fourth-order valence-corrected chi connectivity index (χ4v) is 1.81. The van der Waals surface area contributed by atoms with Gasteiger partial charge in [0.15, 0.2) is 6.10 Å². The van der Waals surface area contributed by atoms with Crippen molar-refractivity contribution in [3.63, 3.8) is 0 Å². The van der Waals surface area contributed by atoms with Crippen LogP contribution in [0.5, 0.6) is 0 Å².